The number of pyridine rings is 1. The molecule has 19 heavy (non-hydrogen) atoms. The third-order valence-electron chi connectivity index (χ3n) is 2.21. The number of nitrogens with zero attached hydrogens (tertiary/aromatic N) is 1. The second-order valence-electron chi connectivity index (χ2n) is 3.58. The van der Waals surface area contributed by atoms with Gasteiger partial charge in [-0.05, 0) is 24.3 Å². The predicted molar refractivity (Wildman–Crippen MR) is 68.6 cm³/mol. The Morgan fingerprint density at radius 2 is 1.79 bits per heavy atom. The molecular formula is C12H6Cl2F2N2O. The van der Waals surface area contributed by atoms with E-state index in [2.05, 4.69) is 10.3 Å². The molecule has 0 aliphatic carbocycles. The maximum absolute atomic E-state index is 13.4. The van der Waals surface area contributed by atoms with Crippen molar-refractivity contribution in [2.45, 2.75) is 0 Å². The van der Waals surface area contributed by atoms with E-state index in [0.29, 0.717) is 10.0 Å². The van der Waals surface area contributed by atoms with Crippen LogP contribution in [0, 0.1) is 11.8 Å². The van der Waals surface area contributed by atoms with Crippen molar-refractivity contribution in [1.82, 2.24) is 4.98 Å². The van der Waals surface area contributed by atoms with Crippen LogP contribution in [0.1, 0.15) is 10.4 Å². The van der Waals surface area contributed by atoms with Gasteiger partial charge in [-0.15, -0.1) is 0 Å². The molecule has 1 amide bonds. The van der Waals surface area contributed by atoms with E-state index in [1.165, 1.54) is 18.2 Å². The lowest BCUT2D eigenvalue weighted by Gasteiger charge is -2.07. The van der Waals surface area contributed by atoms with Gasteiger partial charge in [0, 0.05) is 21.9 Å². The summed E-state index contributed by atoms with van der Waals surface area (Å²) in [6.07, 6.45) is 0.998. The number of halogens is 4. The third kappa shape index (κ3) is 3.19. The van der Waals surface area contributed by atoms with E-state index in [1.54, 1.807) is 0 Å². The molecule has 1 aromatic carbocycles. The zero-order valence-electron chi connectivity index (χ0n) is 9.25. The highest BCUT2D eigenvalue weighted by Gasteiger charge is 2.16. The number of amides is 1. The number of rotatable bonds is 2. The first kappa shape index (κ1) is 13.7. The quantitative estimate of drug-likeness (QED) is 0.854. The molecule has 0 saturated carbocycles. The minimum atomic E-state index is -1.34. The number of carbonyl (C=O) groups is 1. The van der Waals surface area contributed by atoms with E-state index >= 15 is 0 Å². The molecule has 1 N–H and O–H groups in total. The molecule has 0 bridgehead atoms. The van der Waals surface area contributed by atoms with Gasteiger partial charge in [0.15, 0.2) is 5.82 Å². The van der Waals surface area contributed by atoms with E-state index in [4.69, 9.17) is 23.2 Å². The summed E-state index contributed by atoms with van der Waals surface area (Å²) in [5.41, 5.74) is -0.178. The molecule has 0 aliphatic rings. The summed E-state index contributed by atoms with van der Waals surface area (Å²) in [7, 11) is 0. The Balaban J connectivity index is 2.28. The van der Waals surface area contributed by atoms with Crippen LogP contribution in [0.15, 0.2) is 30.5 Å². The number of benzene rings is 1. The number of anilines is 1. The lowest BCUT2D eigenvalue weighted by atomic mass is 10.2. The number of nitrogens with one attached hydrogen (secondary N) is 1. The van der Waals surface area contributed by atoms with Gasteiger partial charge < -0.3 is 5.32 Å². The van der Waals surface area contributed by atoms with E-state index in [9.17, 15) is 13.6 Å². The van der Waals surface area contributed by atoms with Crippen molar-refractivity contribution in [2.75, 3.05) is 5.32 Å². The van der Waals surface area contributed by atoms with Crippen molar-refractivity contribution in [2.24, 2.45) is 0 Å². The maximum Gasteiger partial charge on any atom is 0.258 e. The first-order valence-corrected chi connectivity index (χ1v) is 5.80. The number of hydrogen-bond donors (Lipinski definition) is 1. The molecule has 0 radical (unpaired) electrons. The zero-order valence-corrected chi connectivity index (χ0v) is 10.8. The molecule has 7 heteroatoms. The normalized spacial score (nSPS) is 10.3. The fraction of sp³-hybridized carbons (Fsp3) is 0. The van der Waals surface area contributed by atoms with Crippen molar-refractivity contribution in [3.8, 4) is 0 Å². The largest absolute Gasteiger partial charge is 0.322 e. The molecule has 3 nitrogen and oxygen atoms in total. The Labute approximate surface area is 117 Å². The Morgan fingerprint density at radius 3 is 2.42 bits per heavy atom. The van der Waals surface area contributed by atoms with Gasteiger partial charge in [-0.2, -0.15) is 4.39 Å². The molecule has 0 atom stereocenters. The van der Waals surface area contributed by atoms with Gasteiger partial charge in [-0.1, -0.05) is 23.2 Å². The molecule has 0 aliphatic heterocycles. The van der Waals surface area contributed by atoms with Crippen LogP contribution in [-0.2, 0) is 0 Å². The minimum Gasteiger partial charge on any atom is -0.322 e. The fourth-order valence-corrected chi connectivity index (χ4v) is 1.94. The van der Waals surface area contributed by atoms with Crippen LogP contribution in [0.2, 0.25) is 10.0 Å². The van der Waals surface area contributed by atoms with Gasteiger partial charge in [0.1, 0.15) is 0 Å². The van der Waals surface area contributed by atoms with Gasteiger partial charge in [0.2, 0.25) is 5.95 Å². The van der Waals surface area contributed by atoms with E-state index < -0.39 is 23.2 Å². The van der Waals surface area contributed by atoms with Gasteiger partial charge in [0.25, 0.3) is 5.91 Å². The Bertz CT molecular complexity index is 629. The maximum atomic E-state index is 13.4. The highest BCUT2D eigenvalue weighted by atomic mass is 35.5. The summed E-state index contributed by atoms with van der Waals surface area (Å²) in [5, 5.41) is 2.98. The van der Waals surface area contributed by atoms with Crippen LogP contribution in [0.25, 0.3) is 0 Å². The topological polar surface area (TPSA) is 42.0 Å². The number of aromatic nitrogens is 1. The van der Waals surface area contributed by atoms with Crippen molar-refractivity contribution in [1.29, 1.82) is 0 Å². The Hall–Kier alpha value is -1.72. The summed E-state index contributed by atoms with van der Waals surface area (Å²) in [6.45, 7) is 0. The van der Waals surface area contributed by atoms with E-state index in [0.717, 1.165) is 12.3 Å². The average Bonchev–Trinajstić information content (AvgIpc) is 2.31. The van der Waals surface area contributed by atoms with E-state index in [-0.39, 0.29) is 5.69 Å². The first-order valence-electron chi connectivity index (χ1n) is 5.05. The zero-order chi connectivity index (χ0) is 14.0. The molecular weight excluding hydrogens is 297 g/mol. The standard InChI is InChI=1S/C12H6Cl2F2N2O/c13-6-3-7(14)5-8(4-6)18-12(19)9-1-2-17-11(16)10(9)15/h1-5H,(H,18,19). The van der Waals surface area contributed by atoms with Gasteiger partial charge >= 0.3 is 0 Å². The average molecular weight is 303 g/mol. The Morgan fingerprint density at radius 1 is 1.16 bits per heavy atom. The second kappa shape index (κ2) is 5.50. The highest BCUT2D eigenvalue weighted by Crippen LogP contribution is 2.23. The molecule has 0 fully saturated rings. The molecule has 0 spiro atoms. The van der Waals surface area contributed by atoms with Crippen molar-refractivity contribution < 1.29 is 13.6 Å². The predicted octanol–water partition coefficient (Wildman–Crippen LogP) is 3.92. The van der Waals surface area contributed by atoms with Gasteiger partial charge in [-0.3, -0.25) is 4.79 Å². The highest BCUT2D eigenvalue weighted by molar-refractivity contribution is 6.35. The summed E-state index contributed by atoms with van der Waals surface area (Å²) in [4.78, 5) is 14.9. The molecule has 0 unspecified atom stereocenters. The number of carbonyl (C=O) groups excluding carboxylic acids is 1. The monoisotopic (exact) mass is 302 g/mol. The molecule has 2 rings (SSSR count). The van der Waals surface area contributed by atoms with Crippen LogP contribution in [0.4, 0.5) is 14.5 Å². The second-order valence-corrected chi connectivity index (χ2v) is 4.45. The SMILES string of the molecule is O=C(Nc1cc(Cl)cc(Cl)c1)c1ccnc(F)c1F. The first-order chi connectivity index (χ1) is 8.97. The summed E-state index contributed by atoms with van der Waals surface area (Å²) in [5.74, 6) is -3.47. The van der Waals surface area contributed by atoms with Crippen LogP contribution in [0.3, 0.4) is 0 Å². The van der Waals surface area contributed by atoms with Crippen molar-refractivity contribution >= 4 is 34.8 Å². The van der Waals surface area contributed by atoms with Crippen LogP contribution >= 0.6 is 23.2 Å². The molecule has 1 heterocycles. The summed E-state index contributed by atoms with van der Waals surface area (Å²) in [6, 6.07) is 5.41. The molecule has 2 aromatic rings. The molecule has 0 saturated heterocycles. The Kier molecular flexibility index (Phi) is 3.97. The van der Waals surface area contributed by atoms with Gasteiger partial charge in [0.05, 0.1) is 5.56 Å². The molecule has 98 valence electrons. The lowest BCUT2D eigenvalue weighted by Crippen LogP contribution is -2.15. The number of hydrogen-bond acceptors (Lipinski definition) is 2. The summed E-state index contributed by atoms with van der Waals surface area (Å²) < 4.78 is 26.3. The van der Waals surface area contributed by atoms with Gasteiger partial charge in [-0.25, -0.2) is 9.37 Å². The van der Waals surface area contributed by atoms with Crippen molar-refractivity contribution in [3.05, 3.63) is 57.8 Å². The van der Waals surface area contributed by atoms with Crippen LogP contribution in [-0.4, -0.2) is 10.9 Å². The smallest absolute Gasteiger partial charge is 0.258 e. The summed E-state index contributed by atoms with van der Waals surface area (Å²) >= 11 is 11.5. The molecule has 1 aromatic heterocycles. The van der Waals surface area contributed by atoms with Crippen LogP contribution in [0.5, 0.6) is 0 Å². The minimum absolute atomic E-state index is 0.277. The fourth-order valence-electron chi connectivity index (χ4n) is 1.42. The third-order valence-corrected chi connectivity index (χ3v) is 2.65. The lowest BCUT2D eigenvalue weighted by molar-refractivity contribution is 0.102. The van der Waals surface area contributed by atoms with Crippen LogP contribution < -0.4 is 5.32 Å². The van der Waals surface area contributed by atoms with E-state index in [1.807, 2.05) is 0 Å². The van der Waals surface area contributed by atoms with Crippen molar-refractivity contribution in [3.63, 3.8) is 0 Å².